The number of rotatable bonds is 7. The highest BCUT2D eigenvalue weighted by atomic mass is 32.2. The minimum atomic E-state index is -3.71. The molecule has 0 aliphatic rings. The molecule has 0 aliphatic carbocycles. The summed E-state index contributed by atoms with van der Waals surface area (Å²) in [6.07, 6.45) is 3.71. The third-order valence-corrected chi connectivity index (χ3v) is 5.30. The summed E-state index contributed by atoms with van der Waals surface area (Å²) in [5.74, 6) is 0.479. The highest BCUT2D eigenvalue weighted by molar-refractivity contribution is 7.92. The van der Waals surface area contributed by atoms with E-state index in [0.29, 0.717) is 30.0 Å². The minimum Gasteiger partial charge on any atom is -0.279 e. The molecular weight excluding hydrogens is 376 g/mol. The molecule has 0 atom stereocenters. The summed E-state index contributed by atoms with van der Waals surface area (Å²) in [7, 11) is -3.71. The fraction of sp³-hybridized carbons (Fsp3) is 0.158. The number of nitriles is 1. The van der Waals surface area contributed by atoms with Gasteiger partial charge in [0.2, 0.25) is 0 Å². The number of tetrazole rings is 1. The van der Waals surface area contributed by atoms with Gasteiger partial charge in [-0.2, -0.15) is 5.26 Å². The molecule has 1 aromatic heterocycles. The summed E-state index contributed by atoms with van der Waals surface area (Å²) in [5, 5.41) is 20.1. The first kappa shape index (κ1) is 19.3. The van der Waals surface area contributed by atoms with Crippen LogP contribution in [0.3, 0.4) is 0 Å². The topological polar surface area (TPSA) is 114 Å². The summed E-state index contributed by atoms with van der Waals surface area (Å²) < 4.78 is 29.5. The summed E-state index contributed by atoms with van der Waals surface area (Å²) >= 11 is 0. The van der Waals surface area contributed by atoms with Crippen molar-refractivity contribution in [1.29, 1.82) is 5.26 Å². The lowest BCUT2D eigenvalue weighted by molar-refractivity contribution is 0.595. The van der Waals surface area contributed by atoms with Gasteiger partial charge in [0.1, 0.15) is 0 Å². The number of aromatic nitrogens is 4. The largest absolute Gasteiger partial charge is 0.279 e. The van der Waals surface area contributed by atoms with Crippen LogP contribution < -0.4 is 4.72 Å². The molecule has 3 aromatic rings. The quantitative estimate of drug-likeness (QED) is 0.659. The van der Waals surface area contributed by atoms with Crippen molar-refractivity contribution in [3.8, 4) is 6.07 Å². The lowest BCUT2D eigenvalue weighted by Gasteiger charge is -2.12. The number of nitrogens with zero attached hydrogens (tertiary/aromatic N) is 5. The molecular formula is C19H18N6O2S. The predicted octanol–water partition coefficient (Wildman–Crippen LogP) is 2.87. The van der Waals surface area contributed by atoms with Gasteiger partial charge in [-0.3, -0.25) is 4.72 Å². The van der Waals surface area contributed by atoms with E-state index in [4.69, 9.17) is 5.26 Å². The molecule has 0 saturated carbocycles. The fourth-order valence-electron chi connectivity index (χ4n) is 2.52. The molecule has 142 valence electrons. The normalized spacial score (nSPS) is 11.4. The Hall–Kier alpha value is -3.51. The molecule has 28 heavy (non-hydrogen) atoms. The third-order valence-electron chi connectivity index (χ3n) is 3.91. The van der Waals surface area contributed by atoms with Gasteiger partial charge in [-0.05, 0) is 58.8 Å². The van der Waals surface area contributed by atoms with E-state index in [1.807, 2.05) is 25.1 Å². The Morgan fingerprint density at radius 2 is 1.96 bits per heavy atom. The number of benzene rings is 2. The monoisotopic (exact) mass is 394 g/mol. The minimum absolute atomic E-state index is 0.187. The predicted molar refractivity (Wildman–Crippen MR) is 105 cm³/mol. The highest BCUT2D eigenvalue weighted by Crippen LogP contribution is 2.23. The van der Waals surface area contributed by atoms with Gasteiger partial charge in [0.05, 0.1) is 29.6 Å². The maximum absolute atomic E-state index is 12.7. The van der Waals surface area contributed by atoms with Gasteiger partial charge in [-0.25, -0.2) is 13.1 Å². The first-order valence-electron chi connectivity index (χ1n) is 8.49. The summed E-state index contributed by atoms with van der Waals surface area (Å²) in [4.78, 5) is 0.187. The van der Waals surface area contributed by atoms with Gasteiger partial charge in [0.15, 0.2) is 5.82 Å². The molecule has 8 nitrogen and oxygen atoms in total. The van der Waals surface area contributed by atoms with Gasteiger partial charge in [-0.1, -0.05) is 30.3 Å². The molecule has 3 rings (SSSR count). The van der Waals surface area contributed by atoms with Gasteiger partial charge < -0.3 is 0 Å². The van der Waals surface area contributed by atoms with Crippen molar-refractivity contribution in [2.45, 2.75) is 24.8 Å². The summed E-state index contributed by atoms with van der Waals surface area (Å²) in [5.41, 5.74) is 2.04. The molecule has 1 heterocycles. The Kier molecular flexibility index (Phi) is 5.81. The fourth-order valence-corrected chi connectivity index (χ4v) is 3.62. The van der Waals surface area contributed by atoms with Crippen LogP contribution in [0.2, 0.25) is 0 Å². The van der Waals surface area contributed by atoms with Crippen LogP contribution >= 0.6 is 0 Å². The Labute approximate surface area is 163 Å². The van der Waals surface area contributed by atoms with Crippen LogP contribution in [0.4, 0.5) is 5.69 Å². The van der Waals surface area contributed by atoms with E-state index in [0.717, 1.165) is 5.56 Å². The van der Waals surface area contributed by atoms with Crippen molar-refractivity contribution < 1.29 is 8.42 Å². The summed E-state index contributed by atoms with van der Waals surface area (Å²) in [6.45, 7) is 2.26. The zero-order chi connectivity index (χ0) is 20.0. The molecule has 0 spiro atoms. The average molecular weight is 394 g/mol. The van der Waals surface area contributed by atoms with Crippen LogP contribution in [0.25, 0.3) is 12.2 Å². The molecule has 0 saturated heterocycles. The Morgan fingerprint density at radius 1 is 1.18 bits per heavy atom. The van der Waals surface area contributed by atoms with E-state index in [1.54, 1.807) is 36.4 Å². The second-order valence-electron chi connectivity index (χ2n) is 6.01. The lowest BCUT2D eigenvalue weighted by Crippen LogP contribution is -2.13. The zero-order valence-electron chi connectivity index (χ0n) is 15.1. The van der Waals surface area contributed by atoms with Gasteiger partial charge >= 0.3 is 0 Å². The molecule has 0 radical (unpaired) electrons. The van der Waals surface area contributed by atoms with Crippen molar-refractivity contribution in [3.63, 3.8) is 0 Å². The van der Waals surface area contributed by atoms with E-state index >= 15 is 0 Å². The van der Waals surface area contributed by atoms with Crippen LogP contribution in [0, 0.1) is 18.3 Å². The second-order valence-corrected chi connectivity index (χ2v) is 7.69. The summed E-state index contributed by atoms with van der Waals surface area (Å²) in [6, 6.07) is 15.7. The van der Waals surface area contributed by atoms with E-state index in [2.05, 4.69) is 20.2 Å². The second kappa shape index (κ2) is 8.45. The Morgan fingerprint density at radius 3 is 2.71 bits per heavy atom. The van der Waals surface area contributed by atoms with Crippen molar-refractivity contribution >= 4 is 27.9 Å². The number of nitrogens with one attached hydrogen (secondary N) is 1. The smallest absolute Gasteiger partial charge is 0.261 e. The van der Waals surface area contributed by atoms with E-state index in [9.17, 15) is 8.42 Å². The molecule has 9 heteroatoms. The van der Waals surface area contributed by atoms with Crippen LogP contribution in [0.1, 0.15) is 23.4 Å². The SMILES string of the molecule is Cc1ccc(C=Cc2nnnn2CCC#N)c(NS(=O)(=O)c2ccccc2)c1. The van der Waals surface area contributed by atoms with E-state index < -0.39 is 10.0 Å². The van der Waals surface area contributed by atoms with Crippen molar-refractivity contribution in [2.24, 2.45) is 0 Å². The number of hydrogen-bond donors (Lipinski definition) is 1. The van der Waals surface area contributed by atoms with Gasteiger partial charge in [0.25, 0.3) is 10.0 Å². The van der Waals surface area contributed by atoms with Crippen LogP contribution in [-0.4, -0.2) is 28.6 Å². The zero-order valence-corrected chi connectivity index (χ0v) is 16.0. The molecule has 0 aliphatic heterocycles. The average Bonchev–Trinajstić information content (AvgIpc) is 3.13. The molecule has 0 amide bonds. The first-order valence-corrected chi connectivity index (χ1v) is 9.97. The Bertz CT molecular complexity index is 1130. The third kappa shape index (κ3) is 4.61. The number of anilines is 1. The molecule has 0 bridgehead atoms. The Balaban J connectivity index is 1.90. The standard InChI is InChI=1S/C19H18N6O2S/c1-15-8-9-16(10-11-19-21-23-24-25(19)13-5-12-20)18(14-15)22-28(26,27)17-6-3-2-4-7-17/h2-4,6-11,14,22H,5,13H2,1H3. The van der Waals surface area contributed by atoms with Crippen LogP contribution in [0.5, 0.6) is 0 Å². The lowest BCUT2D eigenvalue weighted by atomic mass is 10.1. The van der Waals surface area contributed by atoms with Gasteiger partial charge in [0, 0.05) is 0 Å². The van der Waals surface area contributed by atoms with Crippen molar-refractivity contribution in [2.75, 3.05) is 4.72 Å². The van der Waals surface area contributed by atoms with Crippen LogP contribution in [-0.2, 0) is 16.6 Å². The number of aryl methyl sites for hydroxylation is 2. The van der Waals surface area contributed by atoms with Gasteiger partial charge in [-0.15, -0.1) is 5.10 Å². The van der Waals surface area contributed by atoms with Crippen molar-refractivity contribution in [3.05, 3.63) is 65.5 Å². The molecule has 1 N–H and O–H groups in total. The maximum Gasteiger partial charge on any atom is 0.261 e. The van der Waals surface area contributed by atoms with E-state index in [1.165, 1.54) is 16.8 Å². The highest BCUT2D eigenvalue weighted by Gasteiger charge is 2.15. The number of sulfonamides is 1. The van der Waals surface area contributed by atoms with E-state index in [-0.39, 0.29) is 4.90 Å². The molecule has 2 aromatic carbocycles. The maximum atomic E-state index is 12.7. The van der Waals surface area contributed by atoms with Crippen molar-refractivity contribution in [1.82, 2.24) is 20.2 Å². The molecule has 0 fully saturated rings. The number of hydrogen-bond acceptors (Lipinski definition) is 6. The molecule has 0 unspecified atom stereocenters. The van der Waals surface area contributed by atoms with Crippen LogP contribution in [0.15, 0.2) is 53.4 Å². The first-order chi connectivity index (χ1) is 13.5.